The summed E-state index contributed by atoms with van der Waals surface area (Å²) >= 11 is 0. The topological polar surface area (TPSA) is 40.5 Å². The number of amides is 1. The van der Waals surface area contributed by atoms with Crippen molar-refractivity contribution in [3.8, 4) is 0 Å². The molecule has 0 saturated carbocycles. The Morgan fingerprint density at radius 3 is 2.24 bits per heavy atom. The van der Waals surface area contributed by atoms with Gasteiger partial charge in [0.2, 0.25) is 5.91 Å². The standard InChI is InChI=1S/C13H19NO2.V/c1-3-13(16)14(2)9-8-11-4-6-12(10-15)7-5-11;/h4-7,15H,3,8-10H2,1-2H3;. The van der Waals surface area contributed by atoms with Crippen LogP contribution in [0.1, 0.15) is 24.5 Å². The quantitative estimate of drug-likeness (QED) is 0.884. The summed E-state index contributed by atoms with van der Waals surface area (Å²) in [4.78, 5) is 13.1. The van der Waals surface area contributed by atoms with Crippen molar-refractivity contribution >= 4 is 5.91 Å². The zero-order valence-corrected chi connectivity index (χ0v) is 11.8. The molecule has 1 aromatic carbocycles. The van der Waals surface area contributed by atoms with E-state index >= 15 is 0 Å². The number of rotatable bonds is 5. The molecule has 0 spiro atoms. The van der Waals surface area contributed by atoms with Crippen molar-refractivity contribution in [3.63, 3.8) is 0 Å². The zero-order chi connectivity index (χ0) is 12.0. The molecule has 1 aromatic rings. The average molecular weight is 272 g/mol. The van der Waals surface area contributed by atoms with Crippen molar-refractivity contribution in [1.82, 2.24) is 4.90 Å². The van der Waals surface area contributed by atoms with Crippen molar-refractivity contribution in [1.29, 1.82) is 0 Å². The molecule has 0 bridgehead atoms. The molecule has 0 unspecified atom stereocenters. The predicted molar refractivity (Wildman–Crippen MR) is 64.0 cm³/mol. The van der Waals surface area contributed by atoms with Crippen molar-refractivity contribution in [2.45, 2.75) is 26.4 Å². The van der Waals surface area contributed by atoms with Crippen LogP contribution in [0.5, 0.6) is 0 Å². The van der Waals surface area contributed by atoms with Crippen LogP contribution in [0.15, 0.2) is 24.3 Å². The second kappa shape index (κ2) is 8.34. The first-order valence-electron chi connectivity index (χ1n) is 5.60. The van der Waals surface area contributed by atoms with E-state index in [0.29, 0.717) is 6.42 Å². The normalized spacial score (nSPS) is 9.59. The van der Waals surface area contributed by atoms with Crippen LogP contribution in [0.3, 0.4) is 0 Å². The second-order valence-corrected chi connectivity index (χ2v) is 3.89. The molecule has 3 nitrogen and oxygen atoms in total. The Kier molecular flexibility index (Phi) is 7.97. The van der Waals surface area contributed by atoms with E-state index in [0.717, 1.165) is 18.5 Å². The number of nitrogens with zero attached hydrogens (tertiary/aromatic N) is 1. The van der Waals surface area contributed by atoms with Gasteiger partial charge in [-0.3, -0.25) is 4.79 Å². The second-order valence-electron chi connectivity index (χ2n) is 3.89. The molecule has 0 saturated heterocycles. The van der Waals surface area contributed by atoms with Gasteiger partial charge in [-0.2, -0.15) is 0 Å². The van der Waals surface area contributed by atoms with Gasteiger partial charge in [0, 0.05) is 38.6 Å². The predicted octanol–water partition coefficient (Wildman–Crippen LogP) is 1.59. The van der Waals surface area contributed by atoms with Crippen LogP contribution in [0, 0.1) is 0 Å². The van der Waals surface area contributed by atoms with E-state index in [4.69, 9.17) is 5.11 Å². The molecule has 4 heteroatoms. The van der Waals surface area contributed by atoms with E-state index in [1.807, 2.05) is 38.2 Å². The molecule has 17 heavy (non-hydrogen) atoms. The Labute approximate surface area is 115 Å². The smallest absolute Gasteiger partial charge is 0.222 e. The monoisotopic (exact) mass is 272 g/mol. The molecular weight excluding hydrogens is 253 g/mol. The van der Waals surface area contributed by atoms with Crippen molar-refractivity contribution < 1.29 is 28.5 Å². The van der Waals surface area contributed by atoms with Gasteiger partial charge in [0.05, 0.1) is 6.61 Å². The van der Waals surface area contributed by atoms with E-state index in [1.165, 1.54) is 5.56 Å². The summed E-state index contributed by atoms with van der Waals surface area (Å²) in [5.41, 5.74) is 2.11. The number of hydrogen-bond acceptors (Lipinski definition) is 2. The maximum absolute atomic E-state index is 11.3. The third kappa shape index (κ3) is 5.40. The first kappa shape index (κ1) is 16.2. The number of aliphatic hydroxyl groups excluding tert-OH is 1. The summed E-state index contributed by atoms with van der Waals surface area (Å²) in [6.45, 7) is 2.69. The van der Waals surface area contributed by atoms with Crippen LogP contribution in [0.25, 0.3) is 0 Å². The van der Waals surface area contributed by atoms with Crippen LogP contribution in [0.4, 0.5) is 0 Å². The third-order valence-corrected chi connectivity index (χ3v) is 2.67. The summed E-state index contributed by atoms with van der Waals surface area (Å²) in [7, 11) is 1.83. The van der Waals surface area contributed by atoms with Crippen LogP contribution in [-0.2, 0) is 36.4 Å². The summed E-state index contributed by atoms with van der Waals surface area (Å²) in [5, 5.41) is 8.90. The summed E-state index contributed by atoms with van der Waals surface area (Å²) in [6, 6.07) is 7.82. The van der Waals surface area contributed by atoms with Crippen LogP contribution < -0.4 is 0 Å². The number of hydrogen-bond donors (Lipinski definition) is 1. The number of carbonyl (C=O) groups excluding carboxylic acids is 1. The van der Waals surface area contributed by atoms with Gasteiger partial charge in [0.15, 0.2) is 0 Å². The fraction of sp³-hybridized carbons (Fsp3) is 0.462. The van der Waals surface area contributed by atoms with Crippen molar-refractivity contribution in [3.05, 3.63) is 35.4 Å². The number of aliphatic hydroxyl groups is 1. The molecule has 0 heterocycles. The Morgan fingerprint density at radius 1 is 1.24 bits per heavy atom. The minimum Gasteiger partial charge on any atom is -0.392 e. The molecular formula is C13H19NO2V. The van der Waals surface area contributed by atoms with Gasteiger partial charge in [-0.25, -0.2) is 0 Å². The number of benzene rings is 1. The maximum atomic E-state index is 11.3. The first-order valence-corrected chi connectivity index (χ1v) is 5.60. The van der Waals surface area contributed by atoms with Gasteiger partial charge in [0.25, 0.3) is 0 Å². The summed E-state index contributed by atoms with van der Waals surface area (Å²) < 4.78 is 0. The third-order valence-electron chi connectivity index (χ3n) is 2.67. The van der Waals surface area contributed by atoms with Crippen LogP contribution >= 0.6 is 0 Å². The molecule has 93 valence electrons. The fourth-order valence-electron chi connectivity index (χ4n) is 1.50. The van der Waals surface area contributed by atoms with E-state index in [-0.39, 0.29) is 31.1 Å². The van der Waals surface area contributed by atoms with E-state index < -0.39 is 0 Å². The molecule has 0 fully saturated rings. The number of likely N-dealkylation sites (N-methyl/N-ethyl adjacent to an activating group) is 1. The largest absolute Gasteiger partial charge is 0.392 e. The van der Waals surface area contributed by atoms with E-state index in [1.54, 1.807) is 4.90 Å². The van der Waals surface area contributed by atoms with Gasteiger partial charge in [-0.1, -0.05) is 31.2 Å². The molecule has 0 aromatic heterocycles. The Balaban J connectivity index is 0.00000256. The molecule has 0 atom stereocenters. The molecule has 1 radical (unpaired) electrons. The fourth-order valence-corrected chi connectivity index (χ4v) is 1.50. The van der Waals surface area contributed by atoms with Crippen LogP contribution in [0.2, 0.25) is 0 Å². The molecule has 0 aliphatic rings. The minimum atomic E-state index is 0. The van der Waals surface area contributed by atoms with Gasteiger partial charge in [-0.05, 0) is 17.5 Å². The zero-order valence-electron chi connectivity index (χ0n) is 10.4. The average Bonchev–Trinajstić information content (AvgIpc) is 2.35. The Bertz CT molecular complexity index is 338. The summed E-state index contributed by atoms with van der Waals surface area (Å²) in [5.74, 6) is 0.173. The van der Waals surface area contributed by atoms with Gasteiger partial charge < -0.3 is 10.0 Å². The van der Waals surface area contributed by atoms with Gasteiger partial charge >= 0.3 is 0 Å². The van der Waals surface area contributed by atoms with Crippen molar-refractivity contribution in [2.75, 3.05) is 13.6 Å². The summed E-state index contributed by atoms with van der Waals surface area (Å²) in [6.07, 6.45) is 1.41. The Morgan fingerprint density at radius 2 is 1.76 bits per heavy atom. The first-order chi connectivity index (χ1) is 7.67. The minimum absolute atomic E-state index is 0. The molecule has 1 amide bonds. The van der Waals surface area contributed by atoms with Gasteiger partial charge in [-0.15, -0.1) is 0 Å². The Hall–Kier alpha value is -0.766. The molecule has 1 N–H and O–H groups in total. The number of carbonyl (C=O) groups is 1. The van der Waals surface area contributed by atoms with Crippen molar-refractivity contribution in [2.24, 2.45) is 0 Å². The maximum Gasteiger partial charge on any atom is 0.222 e. The van der Waals surface area contributed by atoms with Crippen LogP contribution in [-0.4, -0.2) is 29.5 Å². The SMILES string of the molecule is CCC(=O)N(C)CCc1ccc(CO)cc1.[V]. The van der Waals surface area contributed by atoms with Gasteiger partial charge in [0.1, 0.15) is 0 Å². The molecule has 1 rings (SSSR count). The molecule has 0 aliphatic heterocycles. The molecule has 0 aliphatic carbocycles. The van der Waals surface area contributed by atoms with E-state index in [9.17, 15) is 4.79 Å². The van der Waals surface area contributed by atoms with E-state index in [2.05, 4.69) is 0 Å².